The number of methoxy groups -OCH3 is 1. The van der Waals surface area contributed by atoms with Crippen molar-refractivity contribution in [2.45, 2.75) is 6.54 Å². The van der Waals surface area contributed by atoms with Crippen LogP contribution in [0.15, 0.2) is 67.5 Å². The van der Waals surface area contributed by atoms with Crippen molar-refractivity contribution in [3.8, 4) is 22.7 Å². The average molecular weight is 373 g/mol. The fraction of sp³-hybridized carbons (Fsp3) is 0.150. The minimum absolute atomic E-state index is 0.567. The number of hydrogen-bond acceptors (Lipinski definition) is 7. The molecule has 3 heterocycles. The van der Waals surface area contributed by atoms with E-state index in [0.717, 1.165) is 28.4 Å². The van der Waals surface area contributed by atoms with E-state index in [1.54, 1.807) is 42.8 Å². The van der Waals surface area contributed by atoms with Crippen molar-refractivity contribution < 1.29 is 4.74 Å². The van der Waals surface area contributed by atoms with Gasteiger partial charge in [0.15, 0.2) is 0 Å². The third-order valence-corrected chi connectivity index (χ3v) is 4.21. The Balaban J connectivity index is 1.59. The van der Waals surface area contributed by atoms with E-state index in [1.807, 2.05) is 48.5 Å². The molecular weight excluding hydrogens is 354 g/mol. The largest absolute Gasteiger partial charge is 0.494 e. The zero-order valence-corrected chi connectivity index (χ0v) is 15.6. The predicted octanol–water partition coefficient (Wildman–Crippen LogP) is 2.76. The first-order valence-corrected chi connectivity index (χ1v) is 8.72. The summed E-state index contributed by atoms with van der Waals surface area (Å²) < 4.78 is 7.19. The highest BCUT2D eigenvalue weighted by Gasteiger charge is 2.11. The molecule has 0 amide bonds. The predicted molar refractivity (Wildman–Crippen MR) is 105 cm³/mol. The Morgan fingerprint density at radius 3 is 2.75 bits per heavy atom. The lowest BCUT2D eigenvalue weighted by atomic mass is 10.2. The molecule has 28 heavy (non-hydrogen) atoms. The third kappa shape index (κ3) is 3.66. The quantitative estimate of drug-likeness (QED) is 0.514. The maximum absolute atomic E-state index is 5.42. The Morgan fingerprint density at radius 1 is 1.04 bits per heavy atom. The standard InChI is InChI=1S/C20H19N7O/c1-26(14-16-12-21-9-10-22-16)20-23-8-7-17(25-20)15-11-24-27(13-15)18-5-3-4-6-19(18)28-2/h3-13H,14H2,1-2H3. The van der Waals surface area contributed by atoms with Gasteiger partial charge in [0.05, 0.1) is 37.4 Å². The molecule has 0 atom stereocenters. The molecule has 0 bridgehead atoms. The van der Waals surface area contributed by atoms with Gasteiger partial charge in [-0.2, -0.15) is 5.10 Å². The molecule has 0 saturated heterocycles. The monoisotopic (exact) mass is 373 g/mol. The second kappa shape index (κ2) is 7.83. The van der Waals surface area contributed by atoms with Crippen LogP contribution in [-0.4, -0.2) is 43.9 Å². The number of nitrogens with zero attached hydrogens (tertiary/aromatic N) is 7. The lowest BCUT2D eigenvalue weighted by Gasteiger charge is -2.16. The Bertz CT molecular complexity index is 1060. The summed E-state index contributed by atoms with van der Waals surface area (Å²) in [5.41, 5.74) is 3.40. The molecule has 0 fully saturated rings. The summed E-state index contributed by atoms with van der Waals surface area (Å²) in [6.07, 6.45) is 10.5. The van der Waals surface area contributed by atoms with Crippen LogP contribution in [0.5, 0.6) is 5.75 Å². The van der Waals surface area contributed by atoms with Crippen molar-refractivity contribution in [3.05, 3.63) is 73.2 Å². The van der Waals surface area contributed by atoms with Gasteiger partial charge in [-0.3, -0.25) is 9.97 Å². The van der Waals surface area contributed by atoms with Gasteiger partial charge in [0.2, 0.25) is 5.95 Å². The lowest BCUT2D eigenvalue weighted by Crippen LogP contribution is -2.20. The zero-order valence-electron chi connectivity index (χ0n) is 15.6. The van der Waals surface area contributed by atoms with Crippen LogP contribution in [0.3, 0.4) is 0 Å². The second-order valence-corrected chi connectivity index (χ2v) is 6.14. The van der Waals surface area contributed by atoms with Crippen molar-refractivity contribution in [1.82, 2.24) is 29.7 Å². The van der Waals surface area contributed by atoms with Gasteiger partial charge in [0.1, 0.15) is 11.4 Å². The summed E-state index contributed by atoms with van der Waals surface area (Å²) in [6, 6.07) is 9.60. The number of aromatic nitrogens is 6. The second-order valence-electron chi connectivity index (χ2n) is 6.14. The number of rotatable bonds is 6. The van der Waals surface area contributed by atoms with E-state index >= 15 is 0 Å². The molecule has 0 aliphatic heterocycles. The molecule has 0 saturated carbocycles. The molecule has 0 unspecified atom stereocenters. The average Bonchev–Trinajstić information content (AvgIpc) is 3.25. The summed E-state index contributed by atoms with van der Waals surface area (Å²) in [5, 5.41) is 4.46. The maximum atomic E-state index is 5.42. The first-order valence-electron chi connectivity index (χ1n) is 8.72. The normalized spacial score (nSPS) is 10.6. The first-order chi connectivity index (χ1) is 13.7. The zero-order chi connectivity index (χ0) is 19.3. The smallest absolute Gasteiger partial charge is 0.225 e. The number of hydrogen-bond donors (Lipinski definition) is 0. The van der Waals surface area contributed by atoms with E-state index in [4.69, 9.17) is 4.74 Å². The fourth-order valence-electron chi connectivity index (χ4n) is 2.82. The Morgan fingerprint density at radius 2 is 1.93 bits per heavy atom. The van der Waals surface area contributed by atoms with Gasteiger partial charge in [0, 0.05) is 37.4 Å². The highest BCUT2D eigenvalue weighted by Crippen LogP contribution is 2.24. The highest BCUT2D eigenvalue weighted by molar-refractivity contribution is 5.59. The van der Waals surface area contributed by atoms with E-state index in [-0.39, 0.29) is 0 Å². The van der Waals surface area contributed by atoms with Crippen LogP contribution in [0.2, 0.25) is 0 Å². The Labute approximate surface area is 162 Å². The lowest BCUT2D eigenvalue weighted by molar-refractivity contribution is 0.411. The van der Waals surface area contributed by atoms with Gasteiger partial charge < -0.3 is 9.64 Å². The van der Waals surface area contributed by atoms with Gasteiger partial charge >= 0.3 is 0 Å². The molecule has 4 rings (SSSR count). The number of anilines is 1. The topological polar surface area (TPSA) is 81.9 Å². The van der Waals surface area contributed by atoms with E-state index in [1.165, 1.54) is 0 Å². The van der Waals surface area contributed by atoms with Crippen LogP contribution in [0.4, 0.5) is 5.95 Å². The number of benzene rings is 1. The molecule has 0 aliphatic rings. The molecule has 0 radical (unpaired) electrons. The molecule has 4 aromatic rings. The van der Waals surface area contributed by atoms with Gasteiger partial charge in [-0.1, -0.05) is 12.1 Å². The SMILES string of the molecule is COc1ccccc1-n1cc(-c2ccnc(N(C)Cc3cnccn3)n2)cn1. The van der Waals surface area contributed by atoms with Crippen molar-refractivity contribution >= 4 is 5.95 Å². The molecular formula is C20H19N7O. The van der Waals surface area contributed by atoms with Crippen LogP contribution in [0.1, 0.15) is 5.69 Å². The first kappa shape index (κ1) is 17.6. The molecule has 8 nitrogen and oxygen atoms in total. The summed E-state index contributed by atoms with van der Waals surface area (Å²) in [5.74, 6) is 1.36. The Hall–Kier alpha value is -3.81. The molecule has 8 heteroatoms. The minimum atomic E-state index is 0.567. The maximum Gasteiger partial charge on any atom is 0.225 e. The molecule has 0 aliphatic carbocycles. The van der Waals surface area contributed by atoms with Gasteiger partial charge in [-0.15, -0.1) is 0 Å². The van der Waals surface area contributed by atoms with Crippen LogP contribution in [0.25, 0.3) is 16.9 Å². The summed E-state index contributed by atoms with van der Waals surface area (Å²) in [7, 11) is 3.57. The molecule has 1 aromatic carbocycles. The van der Waals surface area contributed by atoms with E-state index in [0.29, 0.717) is 12.5 Å². The van der Waals surface area contributed by atoms with E-state index < -0.39 is 0 Å². The number of ether oxygens (including phenoxy) is 1. The van der Waals surface area contributed by atoms with E-state index in [9.17, 15) is 0 Å². The summed E-state index contributed by atoms with van der Waals surface area (Å²) in [6.45, 7) is 0.567. The molecule has 0 N–H and O–H groups in total. The van der Waals surface area contributed by atoms with Crippen molar-refractivity contribution in [2.24, 2.45) is 0 Å². The fourth-order valence-corrected chi connectivity index (χ4v) is 2.82. The van der Waals surface area contributed by atoms with Crippen LogP contribution in [-0.2, 0) is 6.54 Å². The molecule has 3 aromatic heterocycles. The van der Waals surface area contributed by atoms with Crippen molar-refractivity contribution in [3.63, 3.8) is 0 Å². The van der Waals surface area contributed by atoms with Crippen molar-refractivity contribution in [1.29, 1.82) is 0 Å². The third-order valence-electron chi connectivity index (χ3n) is 4.21. The number of para-hydroxylation sites is 2. The molecule has 0 spiro atoms. The molecule has 140 valence electrons. The van der Waals surface area contributed by atoms with E-state index in [2.05, 4.69) is 25.0 Å². The van der Waals surface area contributed by atoms with Gasteiger partial charge in [-0.25, -0.2) is 14.6 Å². The van der Waals surface area contributed by atoms with Crippen molar-refractivity contribution in [2.75, 3.05) is 19.1 Å². The highest BCUT2D eigenvalue weighted by atomic mass is 16.5. The van der Waals surface area contributed by atoms with Crippen LogP contribution >= 0.6 is 0 Å². The van der Waals surface area contributed by atoms with Crippen LogP contribution < -0.4 is 9.64 Å². The minimum Gasteiger partial charge on any atom is -0.494 e. The summed E-state index contributed by atoms with van der Waals surface area (Å²) >= 11 is 0. The Kier molecular flexibility index (Phi) is 4.92. The van der Waals surface area contributed by atoms with Gasteiger partial charge in [-0.05, 0) is 18.2 Å². The van der Waals surface area contributed by atoms with Crippen LogP contribution in [0, 0.1) is 0 Å². The summed E-state index contributed by atoms with van der Waals surface area (Å²) in [4.78, 5) is 19.4. The van der Waals surface area contributed by atoms with Gasteiger partial charge in [0.25, 0.3) is 0 Å².